The number of likely N-dealkylation sites (N-methyl/N-ethyl adjacent to an activating group) is 1. The highest BCUT2D eigenvalue weighted by Crippen LogP contribution is 2.13. The van der Waals surface area contributed by atoms with Crippen LogP contribution in [0.4, 0.5) is 5.95 Å². The van der Waals surface area contributed by atoms with Gasteiger partial charge in [-0.15, -0.1) is 0 Å². The minimum atomic E-state index is 0.0585. The maximum atomic E-state index is 11.7. The maximum absolute atomic E-state index is 11.7. The summed E-state index contributed by atoms with van der Waals surface area (Å²) in [7, 11) is 1.79. The van der Waals surface area contributed by atoms with Gasteiger partial charge in [0.2, 0.25) is 11.9 Å². The number of carbonyl (C=O) groups is 1. The normalized spacial score (nSPS) is 16.0. The number of aryl methyl sites for hydroxylation is 1. The SMILES string of the molecule is Cc1cc(C(N)=S)nc(N2CCN(C)C(=O)C2)n1. The van der Waals surface area contributed by atoms with Gasteiger partial charge in [0.1, 0.15) is 10.7 Å². The number of hydrogen-bond acceptors (Lipinski definition) is 5. The number of nitrogens with zero attached hydrogens (tertiary/aromatic N) is 4. The van der Waals surface area contributed by atoms with Gasteiger partial charge in [-0.3, -0.25) is 4.79 Å². The molecule has 1 amide bonds. The molecule has 1 saturated heterocycles. The number of hydrogen-bond donors (Lipinski definition) is 1. The Morgan fingerprint density at radius 3 is 2.78 bits per heavy atom. The topological polar surface area (TPSA) is 75.3 Å². The average Bonchev–Trinajstić information content (AvgIpc) is 2.31. The maximum Gasteiger partial charge on any atom is 0.242 e. The van der Waals surface area contributed by atoms with Crippen LogP contribution >= 0.6 is 12.2 Å². The second kappa shape index (κ2) is 4.85. The molecule has 2 N–H and O–H groups in total. The van der Waals surface area contributed by atoms with Gasteiger partial charge in [0.25, 0.3) is 0 Å². The van der Waals surface area contributed by atoms with Gasteiger partial charge in [0.05, 0.1) is 6.54 Å². The standard InChI is InChI=1S/C11H15N5OS/c1-7-5-8(10(12)18)14-11(13-7)16-4-3-15(2)9(17)6-16/h5H,3-4,6H2,1-2H3,(H2,12,18). The third-order valence-corrected chi connectivity index (χ3v) is 3.04. The van der Waals surface area contributed by atoms with Crippen molar-refractivity contribution in [1.82, 2.24) is 14.9 Å². The monoisotopic (exact) mass is 265 g/mol. The molecule has 96 valence electrons. The van der Waals surface area contributed by atoms with Crippen molar-refractivity contribution in [2.45, 2.75) is 6.92 Å². The molecule has 0 unspecified atom stereocenters. The Balaban J connectivity index is 2.28. The van der Waals surface area contributed by atoms with Crippen LogP contribution in [0.1, 0.15) is 11.4 Å². The van der Waals surface area contributed by atoms with Crippen LogP contribution in [0.5, 0.6) is 0 Å². The molecule has 1 fully saturated rings. The van der Waals surface area contributed by atoms with Crippen LogP contribution < -0.4 is 10.6 Å². The first kappa shape index (κ1) is 12.7. The van der Waals surface area contributed by atoms with Crippen LogP contribution in [0.25, 0.3) is 0 Å². The summed E-state index contributed by atoms with van der Waals surface area (Å²) in [6.45, 7) is 3.52. The van der Waals surface area contributed by atoms with Crippen molar-refractivity contribution in [2.75, 3.05) is 31.6 Å². The summed E-state index contributed by atoms with van der Waals surface area (Å²) >= 11 is 4.92. The van der Waals surface area contributed by atoms with Gasteiger partial charge in [-0.1, -0.05) is 12.2 Å². The van der Waals surface area contributed by atoms with Crippen molar-refractivity contribution in [1.29, 1.82) is 0 Å². The highest BCUT2D eigenvalue weighted by molar-refractivity contribution is 7.80. The van der Waals surface area contributed by atoms with Gasteiger partial charge in [0.15, 0.2) is 0 Å². The fourth-order valence-electron chi connectivity index (χ4n) is 1.75. The number of carbonyl (C=O) groups excluding carboxylic acids is 1. The number of anilines is 1. The molecule has 1 aliphatic rings. The summed E-state index contributed by atoms with van der Waals surface area (Å²) in [4.78, 5) is 24.1. The largest absolute Gasteiger partial charge is 0.388 e. The van der Waals surface area contributed by atoms with Crippen molar-refractivity contribution >= 4 is 29.1 Å². The summed E-state index contributed by atoms with van der Waals surface area (Å²) < 4.78 is 0. The molecule has 1 aromatic heterocycles. The first-order chi connectivity index (χ1) is 8.47. The molecule has 0 spiro atoms. The van der Waals surface area contributed by atoms with E-state index in [-0.39, 0.29) is 17.4 Å². The van der Waals surface area contributed by atoms with E-state index in [4.69, 9.17) is 18.0 Å². The first-order valence-electron chi connectivity index (χ1n) is 5.62. The Kier molecular flexibility index (Phi) is 3.42. The molecule has 0 aromatic carbocycles. The number of rotatable bonds is 2. The molecule has 0 aliphatic carbocycles. The minimum Gasteiger partial charge on any atom is -0.388 e. The summed E-state index contributed by atoms with van der Waals surface area (Å²) in [6.07, 6.45) is 0. The highest BCUT2D eigenvalue weighted by Gasteiger charge is 2.23. The fraction of sp³-hybridized carbons (Fsp3) is 0.455. The van der Waals surface area contributed by atoms with Gasteiger partial charge in [-0.2, -0.15) is 0 Å². The van der Waals surface area contributed by atoms with E-state index in [9.17, 15) is 4.79 Å². The zero-order valence-corrected chi connectivity index (χ0v) is 11.2. The lowest BCUT2D eigenvalue weighted by Crippen LogP contribution is -2.49. The highest BCUT2D eigenvalue weighted by atomic mass is 32.1. The second-order valence-electron chi connectivity index (χ2n) is 4.30. The van der Waals surface area contributed by atoms with Gasteiger partial charge in [0, 0.05) is 25.8 Å². The summed E-state index contributed by atoms with van der Waals surface area (Å²) in [5, 5.41) is 0. The zero-order valence-electron chi connectivity index (χ0n) is 10.4. The van der Waals surface area contributed by atoms with Crippen molar-refractivity contribution in [3.05, 3.63) is 17.5 Å². The quantitative estimate of drug-likeness (QED) is 0.740. The zero-order chi connectivity index (χ0) is 13.3. The van der Waals surface area contributed by atoms with E-state index in [1.165, 1.54) is 0 Å². The molecule has 1 aliphatic heterocycles. The predicted octanol–water partition coefficient (Wildman–Crippen LogP) is -0.302. The molecular weight excluding hydrogens is 250 g/mol. The van der Waals surface area contributed by atoms with Crippen LogP contribution in [-0.4, -0.2) is 52.4 Å². The molecule has 7 heteroatoms. The second-order valence-corrected chi connectivity index (χ2v) is 4.74. The van der Waals surface area contributed by atoms with Crippen LogP contribution in [0.15, 0.2) is 6.07 Å². The molecular formula is C11H15N5OS. The van der Waals surface area contributed by atoms with E-state index < -0.39 is 0 Å². The molecule has 0 saturated carbocycles. The summed E-state index contributed by atoms with van der Waals surface area (Å²) in [6, 6.07) is 1.74. The van der Waals surface area contributed by atoms with Crippen LogP contribution in [-0.2, 0) is 4.79 Å². The van der Waals surface area contributed by atoms with Gasteiger partial charge < -0.3 is 15.5 Å². The number of piperazine rings is 1. The lowest BCUT2D eigenvalue weighted by atomic mass is 10.3. The molecule has 0 radical (unpaired) electrons. The molecule has 0 atom stereocenters. The lowest BCUT2D eigenvalue weighted by Gasteiger charge is -2.32. The molecule has 0 bridgehead atoms. The number of nitrogens with two attached hydrogens (primary N) is 1. The average molecular weight is 265 g/mol. The van der Waals surface area contributed by atoms with Crippen molar-refractivity contribution in [2.24, 2.45) is 5.73 Å². The third kappa shape index (κ3) is 2.56. The third-order valence-electron chi connectivity index (χ3n) is 2.83. The Hall–Kier alpha value is -1.76. The molecule has 18 heavy (non-hydrogen) atoms. The molecule has 2 rings (SSSR count). The lowest BCUT2D eigenvalue weighted by molar-refractivity contribution is -0.129. The van der Waals surface area contributed by atoms with E-state index in [1.54, 1.807) is 18.0 Å². The smallest absolute Gasteiger partial charge is 0.242 e. The van der Waals surface area contributed by atoms with Gasteiger partial charge in [-0.05, 0) is 13.0 Å². The van der Waals surface area contributed by atoms with Crippen molar-refractivity contribution < 1.29 is 4.79 Å². The van der Waals surface area contributed by atoms with Gasteiger partial charge >= 0.3 is 0 Å². The molecule has 2 heterocycles. The van der Waals surface area contributed by atoms with E-state index >= 15 is 0 Å². The van der Waals surface area contributed by atoms with Gasteiger partial charge in [-0.25, -0.2) is 9.97 Å². The number of thiocarbonyl (C=S) groups is 1. The van der Waals surface area contributed by atoms with Crippen LogP contribution in [0.2, 0.25) is 0 Å². The summed E-state index contributed by atoms with van der Waals surface area (Å²) in [5.74, 6) is 0.572. The Morgan fingerprint density at radius 2 is 2.17 bits per heavy atom. The molecule has 6 nitrogen and oxygen atoms in total. The Bertz CT molecular complexity index is 504. The first-order valence-corrected chi connectivity index (χ1v) is 6.02. The van der Waals surface area contributed by atoms with Crippen molar-refractivity contribution in [3.63, 3.8) is 0 Å². The van der Waals surface area contributed by atoms with E-state index in [0.717, 1.165) is 5.69 Å². The van der Waals surface area contributed by atoms with E-state index in [0.29, 0.717) is 24.7 Å². The fourth-order valence-corrected chi connectivity index (χ4v) is 1.85. The summed E-state index contributed by atoms with van der Waals surface area (Å²) in [5.41, 5.74) is 6.90. The predicted molar refractivity (Wildman–Crippen MR) is 72.5 cm³/mol. The van der Waals surface area contributed by atoms with Crippen molar-refractivity contribution in [3.8, 4) is 0 Å². The van der Waals surface area contributed by atoms with E-state index in [2.05, 4.69) is 9.97 Å². The minimum absolute atomic E-state index is 0.0585. The Morgan fingerprint density at radius 1 is 1.44 bits per heavy atom. The number of amides is 1. The Labute approximate surface area is 111 Å². The van der Waals surface area contributed by atoms with Crippen LogP contribution in [0.3, 0.4) is 0 Å². The van der Waals surface area contributed by atoms with Crippen LogP contribution in [0, 0.1) is 6.92 Å². The molecule has 1 aromatic rings. The van der Waals surface area contributed by atoms with E-state index in [1.807, 2.05) is 11.8 Å². The number of aromatic nitrogens is 2.